The van der Waals surface area contributed by atoms with Crippen LogP contribution in [0.4, 0.5) is 0 Å². The molecular formula is C30H29N5. The van der Waals surface area contributed by atoms with E-state index >= 15 is 0 Å². The van der Waals surface area contributed by atoms with Gasteiger partial charge in [-0.25, -0.2) is 9.97 Å². The Morgan fingerprint density at radius 2 is 1.49 bits per heavy atom. The Balaban J connectivity index is 1.51. The van der Waals surface area contributed by atoms with Crippen LogP contribution in [0.2, 0.25) is 0 Å². The maximum Gasteiger partial charge on any atom is 0.162 e. The van der Waals surface area contributed by atoms with Crippen molar-refractivity contribution in [2.24, 2.45) is 4.99 Å². The second kappa shape index (κ2) is 10.5. The zero-order valence-corrected chi connectivity index (χ0v) is 20.2. The number of fused-ring (bicyclic) bond motifs is 1. The van der Waals surface area contributed by atoms with Gasteiger partial charge in [-0.2, -0.15) is 0 Å². The van der Waals surface area contributed by atoms with Crippen molar-refractivity contribution in [3.8, 4) is 28.3 Å². The van der Waals surface area contributed by atoms with E-state index in [0.717, 1.165) is 64.4 Å². The van der Waals surface area contributed by atoms with Gasteiger partial charge in [-0.1, -0.05) is 72.8 Å². The molecule has 5 heteroatoms. The molecule has 5 rings (SSSR count). The highest BCUT2D eigenvalue weighted by atomic mass is 15.1. The average molecular weight is 460 g/mol. The van der Waals surface area contributed by atoms with E-state index in [4.69, 9.17) is 9.97 Å². The monoisotopic (exact) mass is 459 g/mol. The van der Waals surface area contributed by atoms with Crippen molar-refractivity contribution in [1.82, 2.24) is 19.4 Å². The SMILES string of the molecule is CN(C)CCCN=Cc1ccc(-n2ccc3c(-c4ccccc4)nc(-c4ccccc4)nc32)cc1. The van der Waals surface area contributed by atoms with Gasteiger partial charge in [-0.15, -0.1) is 0 Å². The summed E-state index contributed by atoms with van der Waals surface area (Å²) in [5.41, 5.74) is 6.06. The molecule has 0 atom stereocenters. The molecular weight excluding hydrogens is 430 g/mol. The fourth-order valence-corrected chi connectivity index (χ4v) is 4.12. The number of aromatic nitrogens is 3. The van der Waals surface area contributed by atoms with E-state index in [1.54, 1.807) is 0 Å². The number of nitrogens with zero attached hydrogens (tertiary/aromatic N) is 5. The van der Waals surface area contributed by atoms with Gasteiger partial charge in [0.2, 0.25) is 0 Å². The van der Waals surface area contributed by atoms with E-state index in [-0.39, 0.29) is 0 Å². The summed E-state index contributed by atoms with van der Waals surface area (Å²) in [4.78, 5) is 16.7. The summed E-state index contributed by atoms with van der Waals surface area (Å²) in [6.45, 7) is 1.89. The van der Waals surface area contributed by atoms with Gasteiger partial charge >= 0.3 is 0 Å². The smallest absolute Gasteiger partial charge is 0.162 e. The first kappa shape index (κ1) is 22.7. The van der Waals surface area contributed by atoms with Gasteiger partial charge in [0.1, 0.15) is 5.65 Å². The van der Waals surface area contributed by atoms with Crippen LogP contribution in [-0.2, 0) is 0 Å². The summed E-state index contributed by atoms with van der Waals surface area (Å²) in [6.07, 6.45) is 5.09. The van der Waals surface area contributed by atoms with Crippen LogP contribution < -0.4 is 0 Å². The first-order chi connectivity index (χ1) is 17.2. The maximum absolute atomic E-state index is 5.00. The molecule has 0 aliphatic carbocycles. The lowest BCUT2D eigenvalue weighted by Gasteiger charge is -2.10. The Labute approximate surface area is 206 Å². The van der Waals surface area contributed by atoms with Crippen LogP contribution in [0, 0.1) is 0 Å². The fraction of sp³-hybridized carbons (Fsp3) is 0.167. The Morgan fingerprint density at radius 1 is 0.800 bits per heavy atom. The second-order valence-electron chi connectivity index (χ2n) is 8.83. The Morgan fingerprint density at radius 3 is 2.17 bits per heavy atom. The molecule has 0 aliphatic heterocycles. The molecule has 3 aromatic carbocycles. The molecule has 0 saturated heterocycles. The summed E-state index contributed by atoms with van der Waals surface area (Å²) in [6, 6.07) is 31.0. The van der Waals surface area contributed by atoms with Crippen LogP contribution in [0.1, 0.15) is 12.0 Å². The van der Waals surface area contributed by atoms with Crippen molar-refractivity contribution in [2.75, 3.05) is 27.2 Å². The van der Waals surface area contributed by atoms with E-state index in [9.17, 15) is 0 Å². The summed E-state index contributed by atoms with van der Waals surface area (Å²) >= 11 is 0. The Hall–Kier alpha value is -4.09. The molecule has 2 aromatic heterocycles. The molecule has 2 heterocycles. The highest BCUT2D eigenvalue weighted by Gasteiger charge is 2.15. The second-order valence-corrected chi connectivity index (χ2v) is 8.83. The third-order valence-electron chi connectivity index (χ3n) is 5.93. The van der Waals surface area contributed by atoms with Gasteiger partial charge in [0, 0.05) is 41.2 Å². The van der Waals surface area contributed by atoms with E-state index in [2.05, 4.69) is 89.3 Å². The third-order valence-corrected chi connectivity index (χ3v) is 5.93. The molecule has 5 nitrogen and oxygen atoms in total. The largest absolute Gasteiger partial charge is 0.309 e. The zero-order valence-electron chi connectivity index (χ0n) is 20.2. The van der Waals surface area contributed by atoms with Gasteiger partial charge in [-0.3, -0.25) is 4.99 Å². The molecule has 0 N–H and O–H groups in total. The van der Waals surface area contributed by atoms with Gasteiger partial charge in [0.15, 0.2) is 5.82 Å². The molecule has 0 radical (unpaired) electrons. The van der Waals surface area contributed by atoms with Gasteiger partial charge in [-0.05, 0) is 50.8 Å². The molecule has 0 aliphatic rings. The standard InChI is InChI=1S/C30H29N5/c1-34(2)20-9-19-31-22-23-14-16-26(17-15-23)35-21-18-27-28(24-10-5-3-6-11-24)32-29(33-30(27)35)25-12-7-4-8-13-25/h3-8,10-18,21-22H,9,19-20H2,1-2H3. The molecule has 0 amide bonds. The summed E-state index contributed by atoms with van der Waals surface area (Å²) in [7, 11) is 4.17. The van der Waals surface area contributed by atoms with Crippen molar-refractivity contribution in [2.45, 2.75) is 6.42 Å². The predicted molar refractivity (Wildman–Crippen MR) is 145 cm³/mol. The fourth-order valence-electron chi connectivity index (χ4n) is 4.12. The quantitative estimate of drug-likeness (QED) is 0.207. The lowest BCUT2D eigenvalue weighted by atomic mass is 10.1. The Kier molecular flexibility index (Phi) is 6.77. The van der Waals surface area contributed by atoms with Crippen LogP contribution in [0.25, 0.3) is 39.4 Å². The third kappa shape index (κ3) is 5.20. The normalized spacial score (nSPS) is 11.6. The number of hydrogen-bond acceptors (Lipinski definition) is 4. The molecule has 0 saturated carbocycles. The number of benzene rings is 3. The predicted octanol–water partition coefficient (Wildman–Crippen LogP) is 6.13. The summed E-state index contributed by atoms with van der Waals surface area (Å²) in [5.74, 6) is 0.721. The molecule has 0 spiro atoms. The lowest BCUT2D eigenvalue weighted by Crippen LogP contribution is -2.13. The van der Waals surface area contributed by atoms with Crippen molar-refractivity contribution >= 4 is 17.2 Å². The number of hydrogen-bond donors (Lipinski definition) is 0. The lowest BCUT2D eigenvalue weighted by molar-refractivity contribution is 0.403. The van der Waals surface area contributed by atoms with E-state index in [1.807, 2.05) is 42.6 Å². The van der Waals surface area contributed by atoms with Crippen LogP contribution in [-0.4, -0.2) is 52.8 Å². The first-order valence-electron chi connectivity index (χ1n) is 11.9. The van der Waals surface area contributed by atoms with Gasteiger partial charge in [0.25, 0.3) is 0 Å². The topological polar surface area (TPSA) is 46.3 Å². The minimum absolute atomic E-state index is 0.721. The van der Waals surface area contributed by atoms with E-state index in [1.165, 1.54) is 0 Å². The summed E-state index contributed by atoms with van der Waals surface area (Å²) < 4.78 is 2.13. The maximum atomic E-state index is 5.00. The van der Waals surface area contributed by atoms with Crippen LogP contribution in [0.3, 0.4) is 0 Å². The number of rotatable bonds is 8. The van der Waals surface area contributed by atoms with Crippen molar-refractivity contribution in [3.05, 3.63) is 103 Å². The molecule has 5 aromatic rings. The van der Waals surface area contributed by atoms with Crippen molar-refractivity contribution in [1.29, 1.82) is 0 Å². The average Bonchev–Trinajstić information content (AvgIpc) is 3.33. The van der Waals surface area contributed by atoms with Crippen molar-refractivity contribution in [3.63, 3.8) is 0 Å². The van der Waals surface area contributed by atoms with Crippen LogP contribution in [0.15, 0.2) is 102 Å². The van der Waals surface area contributed by atoms with Crippen LogP contribution >= 0.6 is 0 Å². The molecule has 0 unspecified atom stereocenters. The van der Waals surface area contributed by atoms with E-state index in [0.29, 0.717) is 0 Å². The van der Waals surface area contributed by atoms with Gasteiger partial charge < -0.3 is 9.47 Å². The molecule has 0 fully saturated rings. The Bertz CT molecular complexity index is 1420. The molecule has 0 bridgehead atoms. The van der Waals surface area contributed by atoms with Gasteiger partial charge in [0.05, 0.1) is 5.69 Å². The minimum Gasteiger partial charge on any atom is -0.309 e. The highest BCUT2D eigenvalue weighted by molar-refractivity contribution is 5.93. The molecule has 174 valence electrons. The van der Waals surface area contributed by atoms with E-state index < -0.39 is 0 Å². The minimum atomic E-state index is 0.721. The summed E-state index contributed by atoms with van der Waals surface area (Å²) in [5, 5.41) is 1.03. The molecule has 35 heavy (non-hydrogen) atoms. The first-order valence-corrected chi connectivity index (χ1v) is 11.9. The highest BCUT2D eigenvalue weighted by Crippen LogP contribution is 2.31. The zero-order chi connectivity index (χ0) is 24.0. The number of aliphatic imine (C=N–C) groups is 1. The van der Waals surface area contributed by atoms with Crippen molar-refractivity contribution < 1.29 is 0 Å². The van der Waals surface area contributed by atoms with Crippen LogP contribution in [0.5, 0.6) is 0 Å².